The van der Waals surface area contributed by atoms with Gasteiger partial charge in [-0.3, -0.25) is 9.59 Å². The molecule has 1 amide bonds. The van der Waals surface area contributed by atoms with Gasteiger partial charge in [0.15, 0.2) is 0 Å². The van der Waals surface area contributed by atoms with Crippen LogP contribution in [0.3, 0.4) is 0 Å². The monoisotopic (exact) mass is 291 g/mol. The molecule has 3 aliphatic rings. The second-order valence-corrected chi connectivity index (χ2v) is 6.78. The average molecular weight is 291 g/mol. The first-order valence-corrected chi connectivity index (χ1v) is 8.36. The average Bonchev–Trinajstić information content (AvgIpc) is 3.16. The van der Waals surface area contributed by atoms with Crippen LogP contribution in [0.2, 0.25) is 0 Å². The van der Waals surface area contributed by atoms with Gasteiger partial charge < -0.3 is 10.0 Å². The molecule has 1 saturated carbocycles. The lowest BCUT2D eigenvalue weighted by Gasteiger charge is -2.34. The molecule has 1 N–H and O–H groups in total. The SMILES string of the molecule is O=C(O)[C@H]1CC=CC[C@H]1C(=O)N1CCCC1C1CCCC1. The number of allylic oxidation sites excluding steroid dienone is 2. The van der Waals surface area contributed by atoms with E-state index in [1.165, 1.54) is 25.7 Å². The molecule has 21 heavy (non-hydrogen) atoms. The van der Waals surface area contributed by atoms with Gasteiger partial charge in [-0.2, -0.15) is 0 Å². The van der Waals surface area contributed by atoms with E-state index >= 15 is 0 Å². The Morgan fingerprint density at radius 2 is 1.62 bits per heavy atom. The van der Waals surface area contributed by atoms with Crippen LogP contribution in [0.15, 0.2) is 12.2 Å². The van der Waals surface area contributed by atoms with Crippen molar-refractivity contribution in [1.29, 1.82) is 0 Å². The summed E-state index contributed by atoms with van der Waals surface area (Å²) in [5.41, 5.74) is 0. The number of carboxylic acids is 1. The highest BCUT2D eigenvalue weighted by atomic mass is 16.4. The van der Waals surface area contributed by atoms with Gasteiger partial charge in [-0.05, 0) is 44.4 Å². The fraction of sp³-hybridized carbons (Fsp3) is 0.765. The molecule has 0 spiro atoms. The Balaban J connectivity index is 1.73. The van der Waals surface area contributed by atoms with Gasteiger partial charge in [0.25, 0.3) is 0 Å². The van der Waals surface area contributed by atoms with Crippen molar-refractivity contribution in [3.63, 3.8) is 0 Å². The van der Waals surface area contributed by atoms with Gasteiger partial charge in [-0.25, -0.2) is 0 Å². The van der Waals surface area contributed by atoms with Gasteiger partial charge in [0.05, 0.1) is 11.8 Å². The predicted octanol–water partition coefficient (Wildman–Crippen LogP) is 2.83. The molecule has 0 aromatic carbocycles. The van der Waals surface area contributed by atoms with Crippen molar-refractivity contribution in [3.8, 4) is 0 Å². The second-order valence-electron chi connectivity index (χ2n) is 6.78. The van der Waals surface area contributed by atoms with Gasteiger partial charge in [0, 0.05) is 12.6 Å². The third-order valence-corrected chi connectivity index (χ3v) is 5.59. The highest BCUT2D eigenvalue weighted by Gasteiger charge is 2.42. The zero-order chi connectivity index (χ0) is 14.8. The van der Waals surface area contributed by atoms with Crippen molar-refractivity contribution < 1.29 is 14.7 Å². The first-order chi connectivity index (χ1) is 10.2. The summed E-state index contributed by atoms with van der Waals surface area (Å²) in [5.74, 6) is -0.962. The number of amides is 1. The molecule has 3 atom stereocenters. The fourth-order valence-corrected chi connectivity index (χ4v) is 4.47. The molecular formula is C17H25NO3. The van der Waals surface area contributed by atoms with E-state index in [1.54, 1.807) is 0 Å². The minimum absolute atomic E-state index is 0.0983. The van der Waals surface area contributed by atoms with Crippen molar-refractivity contribution >= 4 is 11.9 Å². The number of hydrogen-bond acceptors (Lipinski definition) is 2. The quantitative estimate of drug-likeness (QED) is 0.813. The lowest BCUT2D eigenvalue weighted by Crippen LogP contribution is -2.46. The maximum atomic E-state index is 12.9. The van der Waals surface area contributed by atoms with Crippen molar-refractivity contribution in [3.05, 3.63) is 12.2 Å². The number of likely N-dealkylation sites (tertiary alicyclic amines) is 1. The van der Waals surface area contributed by atoms with E-state index in [0.717, 1.165) is 19.4 Å². The zero-order valence-electron chi connectivity index (χ0n) is 12.5. The van der Waals surface area contributed by atoms with Crippen molar-refractivity contribution in [2.75, 3.05) is 6.54 Å². The highest BCUT2D eigenvalue weighted by Crippen LogP contribution is 2.37. The van der Waals surface area contributed by atoms with Crippen LogP contribution >= 0.6 is 0 Å². The molecule has 4 nitrogen and oxygen atoms in total. The third kappa shape index (κ3) is 2.85. The smallest absolute Gasteiger partial charge is 0.307 e. The summed E-state index contributed by atoms with van der Waals surface area (Å²) < 4.78 is 0. The van der Waals surface area contributed by atoms with Gasteiger partial charge in [-0.1, -0.05) is 25.0 Å². The molecule has 116 valence electrons. The first kappa shape index (κ1) is 14.6. The van der Waals surface area contributed by atoms with Crippen LogP contribution in [0.4, 0.5) is 0 Å². The van der Waals surface area contributed by atoms with Crippen molar-refractivity contribution in [2.45, 2.75) is 57.4 Å². The van der Waals surface area contributed by atoms with Crippen molar-refractivity contribution in [1.82, 2.24) is 4.90 Å². The Morgan fingerprint density at radius 3 is 2.29 bits per heavy atom. The Hall–Kier alpha value is -1.32. The standard InChI is InChI=1S/C17H25NO3/c19-16(13-8-3-4-9-14(13)17(20)21)18-11-5-10-15(18)12-6-1-2-7-12/h3-4,12-15H,1-2,5-11H2,(H,20,21)/t13-,14+,15?/m1/s1. The van der Waals surface area contributed by atoms with Crippen LogP contribution in [0.25, 0.3) is 0 Å². The van der Waals surface area contributed by atoms with E-state index in [4.69, 9.17) is 0 Å². The molecule has 0 aromatic rings. The summed E-state index contributed by atoms with van der Waals surface area (Å²) in [4.78, 5) is 26.4. The van der Waals surface area contributed by atoms with E-state index < -0.39 is 11.9 Å². The first-order valence-electron chi connectivity index (χ1n) is 8.36. The number of carbonyl (C=O) groups excluding carboxylic acids is 1. The van der Waals surface area contributed by atoms with Gasteiger partial charge in [-0.15, -0.1) is 0 Å². The van der Waals surface area contributed by atoms with Gasteiger partial charge in [0.1, 0.15) is 0 Å². The molecule has 2 fully saturated rings. The molecule has 1 saturated heterocycles. The number of aliphatic carboxylic acids is 1. The molecule has 2 aliphatic carbocycles. The van der Waals surface area contributed by atoms with Crippen LogP contribution in [-0.2, 0) is 9.59 Å². The van der Waals surface area contributed by atoms with E-state index in [2.05, 4.69) is 0 Å². The molecule has 0 bridgehead atoms. The summed E-state index contributed by atoms with van der Waals surface area (Å²) in [5, 5.41) is 9.37. The number of hydrogen-bond donors (Lipinski definition) is 1. The topological polar surface area (TPSA) is 57.6 Å². The minimum Gasteiger partial charge on any atom is -0.481 e. The molecular weight excluding hydrogens is 266 g/mol. The minimum atomic E-state index is -0.825. The number of carboxylic acid groups (broad SMARTS) is 1. The summed E-state index contributed by atoms with van der Waals surface area (Å²) in [6.07, 6.45) is 12.2. The fourth-order valence-electron chi connectivity index (χ4n) is 4.47. The number of carbonyl (C=O) groups is 2. The second kappa shape index (κ2) is 6.20. The van der Waals surface area contributed by atoms with Crippen LogP contribution < -0.4 is 0 Å². The predicted molar refractivity (Wildman–Crippen MR) is 79.7 cm³/mol. The van der Waals surface area contributed by atoms with Gasteiger partial charge >= 0.3 is 5.97 Å². The molecule has 3 rings (SSSR count). The molecule has 4 heteroatoms. The summed E-state index contributed by atoms with van der Waals surface area (Å²) >= 11 is 0. The molecule has 1 aliphatic heterocycles. The maximum Gasteiger partial charge on any atom is 0.307 e. The summed E-state index contributed by atoms with van der Waals surface area (Å²) in [6, 6.07) is 0.375. The molecule has 0 radical (unpaired) electrons. The summed E-state index contributed by atoms with van der Waals surface area (Å²) in [7, 11) is 0. The van der Waals surface area contributed by atoms with E-state index in [0.29, 0.717) is 24.8 Å². The van der Waals surface area contributed by atoms with Crippen molar-refractivity contribution in [2.24, 2.45) is 17.8 Å². The highest BCUT2D eigenvalue weighted by molar-refractivity contribution is 5.85. The summed E-state index contributed by atoms with van der Waals surface area (Å²) in [6.45, 7) is 0.826. The molecule has 1 heterocycles. The van der Waals surface area contributed by atoms with Gasteiger partial charge in [0.2, 0.25) is 5.91 Å². The van der Waals surface area contributed by atoms with Crippen LogP contribution in [0.5, 0.6) is 0 Å². The number of rotatable bonds is 3. The van der Waals surface area contributed by atoms with E-state index in [-0.39, 0.29) is 11.8 Å². The molecule has 0 aromatic heterocycles. The Kier molecular flexibility index (Phi) is 4.32. The van der Waals surface area contributed by atoms with Crippen LogP contribution in [-0.4, -0.2) is 34.5 Å². The molecule has 1 unspecified atom stereocenters. The van der Waals surface area contributed by atoms with Crippen LogP contribution in [0, 0.1) is 17.8 Å². The normalized spacial score (nSPS) is 33.5. The zero-order valence-corrected chi connectivity index (χ0v) is 12.5. The van der Waals surface area contributed by atoms with Crippen LogP contribution in [0.1, 0.15) is 51.4 Å². The lowest BCUT2D eigenvalue weighted by molar-refractivity contribution is -0.151. The van der Waals surface area contributed by atoms with E-state index in [9.17, 15) is 14.7 Å². The Morgan fingerprint density at radius 1 is 0.952 bits per heavy atom. The Labute approximate surface area is 126 Å². The van der Waals surface area contributed by atoms with E-state index in [1.807, 2.05) is 17.1 Å². The lowest BCUT2D eigenvalue weighted by atomic mass is 9.81. The Bertz CT molecular complexity index is 439. The third-order valence-electron chi connectivity index (χ3n) is 5.59. The maximum absolute atomic E-state index is 12.9. The largest absolute Gasteiger partial charge is 0.481 e. The number of nitrogens with zero attached hydrogens (tertiary/aromatic N) is 1.